The van der Waals surface area contributed by atoms with Gasteiger partial charge in [-0.15, -0.1) is 0 Å². The van der Waals surface area contributed by atoms with Gasteiger partial charge in [-0.3, -0.25) is 4.79 Å². The summed E-state index contributed by atoms with van der Waals surface area (Å²) < 4.78 is 0. The molecule has 0 aromatic carbocycles. The van der Waals surface area contributed by atoms with Crippen molar-refractivity contribution in [1.29, 1.82) is 0 Å². The molecule has 0 spiro atoms. The standard InChI is InChI=1S/C13H24N2O3S/c1-3-6-13(12(17)18)7-4-8-15(13)11(16)10(14)5-9-19-2/h10H,3-9,14H2,1-2H3,(H,17,18)/t10-,13?/m1/s1. The van der Waals surface area contributed by atoms with Crippen LogP contribution >= 0.6 is 11.8 Å². The molecular formula is C13H24N2O3S. The van der Waals surface area contributed by atoms with E-state index in [2.05, 4.69) is 0 Å². The maximum absolute atomic E-state index is 12.4. The lowest BCUT2D eigenvalue weighted by Gasteiger charge is -2.36. The van der Waals surface area contributed by atoms with Gasteiger partial charge in [-0.05, 0) is 37.7 Å². The van der Waals surface area contributed by atoms with Crippen LogP contribution in [0.1, 0.15) is 39.0 Å². The Labute approximate surface area is 118 Å². The van der Waals surface area contributed by atoms with Crippen molar-refractivity contribution in [2.75, 3.05) is 18.6 Å². The first-order valence-electron chi connectivity index (χ1n) is 6.79. The van der Waals surface area contributed by atoms with Crippen LogP contribution in [0, 0.1) is 0 Å². The fourth-order valence-corrected chi connectivity index (χ4v) is 3.26. The second-order valence-corrected chi connectivity index (χ2v) is 6.05. The van der Waals surface area contributed by atoms with E-state index in [1.807, 2.05) is 13.2 Å². The molecule has 1 aliphatic rings. The molecule has 0 radical (unpaired) electrons. The third kappa shape index (κ3) is 3.42. The molecule has 0 bridgehead atoms. The van der Waals surface area contributed by atoms with Crippen LogP contribution in [0.15, 0.2) is 0 Å². The maximum atomic E-state index is 12.4. The van der Waals surface area contributed by atoms with Crippen LogP contribution in [-0.4, -0.2) is 52.0 Å². The van der Waals surface area contributed by atoms with Crippen LogP contribution in [0.5, 0.6) is 0 Å². The topological polar surface area (TPSA) is 83.6 Å². The first-order valence-corrected chi connectivity index (χ1v) is 8.18. The number of aliphatic carboxylic acids is 1. The van der Waals surface area contributed by atoms with Gasteiger partial charge < -0.3 is 15.7 Å². The Kier molecular flexibility index (Phi) is 6.13. The highest BCUT2D eigenvalue weighted by atomic mass is 32.2. The molecule has 1 amide bonds. The van der Waals surface area contributed by atoms with Gasteiger partial charge >= 0.3 is 5.97 Å². The molecule has 2 atom stereocenters. The molecule has 19 heavy (non-hydrogen) atoms. The van der Waals surface area contributed by atoms with Crippen LogP contribution in [0.3, 0.4) is 0 Å². The van der Waals surface area contributed by atoms with Crippen molar-refractivity contribution in [2.45, 2.75) is 50.6 Å². The van der Waals surface area contributed by atoms with E-state index < -0.39 is 17.6 Å². The number of likely N-dealkylation sites (tertiary alicyclic amines) is 1. The van der Waals surface area contributed by atoms with Crippen molar-refractivity contribution in [3.63, 3.8) is 0 Å². The van der Waals surface area contributed by atoms with Crippen LogP contribution in [-0.2, 0) is 9.59 Å². The van der Waals surface area contributed by atoms with E-state index in [9.17, 15) is 14.7 Å². The predicted octanol–water partition coefficient (Wildman–Crippen LogP) is 1.31. The number of nitrogens with two attached hydrogens (primary N) is 1. The molecular weight excluding hydrogens is 264 g/mol. The molecule has 1 saturated heterocycles. The number of carbonyl (C=O) groups is 2. The van der Waals surface area contributed by atoms with Crippen molar-refractivity contribution in [1.82, 2.24) is 4.90 Å². The normalized spacial score (nSPS) is 24.5. The quantitative estimate of drug-likeness (QED) is 0.738. The highest BCUT2D eigenvalue weighted by Gasteiger charge is 2.49. The van der Waals surface area contributed by atoms with Gasteiger partial charge in [-0.2, -0.15) is 11.8 Å². The SMILES string of the molecule is CCCC1(C(=O)O)CCCN1C(=O)[C@H](N)CCSC. The van der Waals surface area contributed by atoms with Gasteiger partial charge in [0.15, 0.2) is 0 Å². The van der Waals surface area contributed by atoms with Crippen molar-refractivity contribution in [3.8, 4) is 0 Å². The lowest BCUT2D eigenvalue weighted by Crippen LogP contribution is -2.57. The molecule has 1 unspecified atom stereocenters. The number of hydrogen-bond acceptors (Lipinski definition) is 4. The summed E-state index contributed by atoms with van der Waals surface area (Å²) in [6.07, 6.45) is 5.09. The van der Waals surface area contributed by atoms with Gasteiger partial charge in [-0.1, -0.05) is 13.3 Å². The molecule has 1 heterocycles. The Morgan fingerprint density at radius 1 is 1.53 bits per heavy atom. The largest absolute Gasteiger partial charge is 0.479 e. The van der Waals surface area contributed by atoms with E-state index in [1.54, 1.807) is 11.8 Å². The number of carbonyl (C=O) groups excluding carboxylic acids is 1. The third-order valence-electron chi connectivity index (χ3n) is 3.77. The summed E-state index contributed by atoms with van der Waals surface area (Å²) >= 11 is 1.64. The number of nitrogens with zero attached hydrogens (tertiary/aromatic N) is 1. The van der Waals surface area contributed by atoms with Crippen molar-refractivity contribution in [2.24, 2.45) is 5.73 Å². The molecule has 0 saturated carbocycles. The average Bonchev–Trinajstić information content (AvgIpc) is 2.80. The number of carboxylic acid groups (broad SMARTS) is 1. The molecule has 1 aliphatic heterocycles. The lowest BCUT2D eigenvalue weighted by molar-refractivity contribution is -0.157. The fourth-order valence-electron chi connectivity index (χ4n) is 2.77. The average molecular weight is 288 g/mol. The summed E-state index contributed by atoms with van der Waals surface area (Å²) in [5.41, 5.74) is 4.88. The van der Waals surface area contributed by atoms with Gasteiger partial charge in [0.2, 0.25) is 5.91 Å². The minimum absolute atomic E-state index is 0.206. The summed E-state index contributed by atoms with van der Waals surface area (Å²) in [6, 6.07) is -0.582. The van der Waals surface area contributed by atoms with E-state index in [1.165, 1.54) is 4.90 Å². The minimum atomic E-state index is -1.02. The van der Waals surface area contributed by atoms with E-state index in [-0.39, 0.29) is 5.91 Å². The molecule has 6 heteroatoms. The number of amides is 1. The maximum Gasteiger partial charge on any atom is 0.329 e. The van der Waals surface area contributed by atoms with Crippen molar-refractivity contribution < 1.29 is 14.7 Å². The zero-order chi connectivity index (χ0) is 14.5. The summed E-state index contributed by atoms with van der Waals surface area (Å²) in [6.45, 7) is 2.46. The summed E-state index contributed by atoms with van der Waals surface area (Å²) in [4.78, 5) is 25.5. The Hall–Kier alpha value is -0.750. The van der Waals surface area contributed by atoms with E-state index in [0.29, 0.717) is 25.8 Å². The zero-order valence-corrected chi connectivity index (χ0v) is 12.5. The second-order valence-electron chi connectivity index (χ2n) is 5.07. The molecule has 1 rings (SSSR count). The molecule has 1 fully saturated rings. The number of carboxylic acids is 1. The summed E-state index contributed by atoms with van der Waals surface area (Å²) in [7, 11) is 0. The monoisotopic (exact) mass is 288 g/mol. The third-order valence-corrected chi connectivity index (χ3v) is 4.41. The van der Waals surface area contributed by atoms with Crippen LogP contribution in [0.25, 0.3) is 0 Å². The molecule has 3 N–H and O–H groups in total. The van der Waals surface area contributed by atoms with Gasteiger partial charge in [0.1, 0.15) is 5.54 Å². The zero-order valence-electron chi connectivity index (χ0n) is 11.7. The van der Waals surface area contributed by atoms with E-state index in [0.717, 1.165) is 18.6 Å². The van der Waals surface area contributed by atoms with Crippen LogP contribution in [0.2, 0.25) is 0 Å². The van der Waals surface area contributed by atoms with Gasteiger partial charge in [-0.25, -0.2) is 4.79 Å². The Bertz CT molecular complexity index is 338. The minimum Gasteiger partial charge on any atom is -0.479 e. The number of thioether (sulfide) groups is 1. The van der Waals surface area contributed by atoms with Gasteiger partial charge in [0, 0.05) is 6.54 Å². The molecule has 0 aliphatic carbocycles. The lowest BCUT2D eigenvalue weighted by atomic mass is 9.90. The molecule has 5 nitrogen and oxygen atoms in total. The second kappa shape index (κ2) is 7.14. The molecule has 110 valence electrons. The Morgan fingerprint density at radius 2 is 2.21 bits per heavy atom. The fraction of sp³-hybridized carbons (Fsp3) is 0.846. The van der Waals surface area contributed by atoms with Crippen molar-refractivity contribution >= 4 is 23.6 Å². The highest BCUT2D eigenvalue weighted by molar-refractivity contribution is 7.98. The van der Waals surface area contributed by atoms with E-state index in [4.69, 9.17) is 5.73 Å². The summed E-state index contributed by atoms with van der Waals surface area (Å²) in [5.74, 6) is -0.283. The molecule has 0 aromatic heterocycles. The van der Waals surface area contributed by atoms with Crippen molar-refractivity contribution in [3.05, 3.63) is 0 Å². The van der Waals surface area contributed by atoms with Crippen LogP contribution in [0.4, 0.5) is 0 Å². The van der Waals surface area contributed by atoms with Crippen LogP contribution < -0.4 is 5.73 Å². The number of rotatable bonds is 7. The number of hydrogen-bond donors (Lipinski definition) is 2. The first-order chi connectivity index (χ1) is 8.99. The predicted molar refractivity (Wildman–Crippen MR) is 77.2 cm³/mol. The highest BCUT2D eigenvalue weighted by Crippen LogP contribution is 2.34. The van der Waals surface area contributed by atoms with Gasteiger partial charge in [0.25, 0.3) is 0 Å². The van der Waals surface area contributed by atoms with E-state index >= 15 is 0 Å². The Morgan fingerprint density at radius 3 is 2.74 bits per heavy atom. The summed E-state index contributed by atoms with van der Waals surface area (Å²) in [5, 5.41) is 9.53. The smallest absolute Gasteiger partial charge is 0.329 e. The first kappa shape index (κ1) is 16.3. The van der Waals surface area contributed by atoms with Gasteiger partial charge in [0.05, 0.1) is 6.04 Å². The Balaban J connectivity index is 2.84. The molecule has 0 aromatic rings.